The van der Waals surface area contributed by atoms with E-state index >= 15 is 0 Å². The maximum Gasteiger partial charge on any atom is 0.427 e. The van der Waals surface area contributed by atoms with Gasteiger partial charge in [-0.15, -0.1) is 0 Å². The number of aliphatic hydroxyl groups is 1. The smallest absolute Gasteiger partial charge is 0.371 e. The first-order valence-electron chi connectivity index (χ1n) is 4.95. The zero-order valence-electron chi connectivity index (χ0n) is 8.70. The molecule has 2 rings (SSSR count). The van der Waals surface area contributed by atoms with Crippen LogP contribution < -0.4 is 0 Å². The van der Waals surface area contributed by atoms with E-state index in [1.54, 1.807) is 6.07 Å². The van der Waals surface area contributed by atoms with Crippen molar-refractivity contribution in [2.75, 3.05) is 0 Å². The molecule has 2 nitrogen and oxygen atoms in total. The van der Waals surface area contributed by atoms with Gasteiger partial charge in [0.15, 0.2) is 0 Å². The quantitative estimate of drug-likeness (QED) is 0.833. The molecule has 90 valence electrons. The van der Waals surface area contributed by atoms with E-state index in [4.69, 9.17) is 0 Å². The van der Waals surface area contributed by atoms with E-state index in [-0.39, 0.29) is 11.3 Å². The van der Waals surface area contributed by atoms with Gasteiger partial charge in [-0.2, -0.15) is 13.2 Å². The maximum atomic E-state index is 13.1. The zero-order chi connectivity index (χ0) is 12.5. The van der Waals surface area contributed by atoms with Crippen molar-refractivity contribution in [3.63, 3.8) is 0 Å². The minimum Gasteiger partial charge on any atom is -0.371 e. The van der Waals surface area contributed by atoms with Crippen molar-refractivity contribution in [1.29, 1.82) is 0 Å². The third kappa shape index (κ3) is 1.82. The fraction of sp³-hybridized carbons (Fsp3) is 0.167. The van der Waals surface area contributed by atoms with Crippen molar-refractivity contribution in [3.05, 3.63) is 59.9 Å². The summed E-state index contributed by atoms with van der Waals surface area (Å²) in [6.45, 7) is 0. The monoisotopic (exact) mass is 241 g/mol. The summed E-state index contributed by atoms with van der Waals surface area (Å²) in [6.07, 6.45) is -3.45. The fourth-order valence-corrected chi connectivity index (χ4v) is 1.71. The van der Waals surface area contributed by atoms with Gasteiger partial charge in [0.05, 0.1) is 5.69 Å². The molecule has 0 aliphatic carbocycles. The summed E-state index contributed by atoms with van der Waals surface area (Å²) in [5, 5.41) is 10.0. The first kappa shape index (κ1) is 11.7. The van der Waals surface area contributed by atoms with Gasteiger partial charge in [-0.1, -0.05) is 30.3 Å². The van der Waals surface area contributed by atoms with Gasteiger partial charge in [0.25, 0.3) is 0 Å². The summed E-state index contributed by atoms with van der Waals surface area (Å²) in [5.41, 5.74) is -3.51. The lowest BCUT2D eigenvalue weighted by molar-refractivity contribution is -0.249. The maximum absolute atomic E-state index is 13.1. The molecule has 0 fully saturated rings. The topological polar surface area (TPSA) is 36.0 Å². The van der Waals surface area contributed by atoms with Crippen LogP contribution in [0.1, 0.15) is 11.3 Å². The molecule has 5 heteroatoms. The molecule has 2 N–H and O–H groups in total. The highest BCUT2D eigenvalue weighted by molar-refractivity contribution is 5.34. The van der Waals surface area contributed by atoms with E-state index in [2.05, 4.69) is 4.98 Å². The second kappa shape index (κ2) is 3.92. The van der Waals surface area contributed by atoms with Crippen LogP contribution in [0, 0.1) is 0 Å². The van der Waals surface area contributed by atoms with Crippen LogP contribution in [-0.4, -0.2) is 16.3 Å². The van der Waals surface area contributed by atoms with Gasteiger partial charge in [-0.3, -0.25) is 0 Å². The molecule has 1 aromatic carbocycles. The third-order valence-electron chi connectivity index (χ3n) is 2.59. The Morgan fingerprint density at radius 3 is 2.06 bits per heavy atom. The van der Waals surface area contributed by atoms with E-state index in [0.29, 0.717) is 0 Å². The van der Waals surface area contributed by atoms with Gasteiger partial charge in [0, 0.05) is 6.20 Å². The average molecular weight is 241 g/mol. The number of aromatic amines is 1. The standard InChI is InChI=1S/C12H10F3NO/c13-12(14,15)11(17,10-7-4-8-16-10)9-5-2-1-3-6-9/h1-8,16-17H/t11-/m1/s1. The number of nitrogens with one attached hydrogen (secondary N) is 1. The normalized spacial score (nSPS) is 15.5. The van der Waals surface area contributed by atoms with Gasteiger partial charge < -0.3 is 10.1 Å². The van der Waals surface area contributed by atoms with Crippen LogP contribution in [0.2, 0.25) is 0 Å². The molecule has 0 saturated carbocycles. The van der Waals surface area contributed by atoms with Gasteiger partial charge >= 0.3 is 6.18 Å². The first-order chi connectivity index (χ1) is 7.96. The molecule has 0 bridgehead atoms. The highest BCUT2D eigenvalue weighted by Gasteiger charge is 2.56. The van der Waals surface area contributed by atoms with Crippen molar-refractivity contribution >= 4 is 0 Å². The number of H-pyrrole nitrogens is 1. The highest BCUT2D eigenvalue weighted by atomic mass is 19.4. The van der Waals surface area contributed by atoms with E-state index in [0.717, 1.165) is 0 Å². The Balaban J connectivity index is 2.61. The molecule has 2 aromatic rings. The van der Waals surface area contributed by atoms with Crippen LogP contribution in [0.5, 0.6) is 0 Å². The molecule has 0 radical (unpaired) electrons. The number of aromatic nitrogens is 1. The van der Waals surface area contributed by atoms with Gasteiger partial charge in [0.2, 0.25) is 5.60 Å². The van der Waals surface area contributed by atoms with Crippen molar-refractivity contribution < 1.29 is 18.3 Å². The lowest BCUT2D eigenvalue weighted by Gasteiger charge is -2.30. The predicted octanol–water partition coefficient (Wildman–Crippen LogP) is 2.81. The number of rotatable bonds is 2. The molecule has 1 atom stereocenters. The zero-order valence-corrected chi connectivity index (χ0v) is 8.70. The Morgan fingerprint density at radius 2 is 1.59 bits per heavy atom. The summed E-state index contributed by atoms with van der Waals surface area (Å²) in [6, 6.07) is 9.61. The Morgan fingerprint density at radius 1 is 0.941 bits per heavy atom. The van der Waals surface area contributed by atoms with Crippen molar-refractivity contribution in [2.24, 2.45) is 0 Å². The molecule has 0 aliphatic heterocycles. The highest BCUT2D eigenvalue weighted by Crippen LogP contribution is 2.43. The van der Waals surface area contributed by atoms with Crippen LogP contribution in [0.25, 0.3) is 0 Å². The van der Waals surface area contributed by atoms with E-state index < -0.39 is 11.8 Å². The third-order valence-corrected chi connectivity index (χ3v) is 2.59. The first-order valence-corrected chi connectivity index (χ1v) is 4.95. The molecular formula is C12H10F3NO. The summed E-state index contributed by atoms with van der Waals surface area (Å²) in [5.74, 6) is 0. The summed E-state index contributed by atoms with van der Waals surface area (Å²) >= 11 is 0. The van der Waals surface area contributed by atoms with Crippen LogP contribution in [0.3, 0.4) is 0 Å². The van der Waals surface area contributed by atoms with E-state index in [1.165, 1.54) is 42.6 Å². The van der Waals surface area contributed by atoms with Crippen molar-refractivity contribution in [2.45, 2.75) is 11.8 Å². The molecule has 1 aromatic heterocycles. The molecule has 0 saturated heterocycles. The van der Waals surface area contributed by atoms with Crippen LogP contribution in [0.4, 0.5) is 13.2 Å². The largest absolute Gasteiger partial charge is 0.427 e. The summed E-state index contributed by atoms with van der Waals surface area (Å²) in [7, 11) is 0. The molecule has 1 heterocycles. The molecule has 0 spiro atoms. The molecular weight excluding hydrogens is 231 g/mol. The number of benzene rings is 1. The number of hydrogen-bond acceptors (Lipinski definition) is 1. The molecule has 0 aliphatic rings. The Hall–Kier alpha value is -1.75. The predicted molar refractivity (Wildman–Crippen MR) is 56.3 cm³/mol. The lowest BCUT2D eigenvalue weighted by atomic mass is 9.90. The lowest BCUT2D eigenvalue weighted by Crippen LogP contribution is -2.43. The Labute approximate surface area is 95.7 Å². The molecule has 0 unspecified atom stereocenters. The van der Waals surface area contributed by atoms with E-state index in [1.807, 2.05) is 0 Å². The van der Waals surface area contributed by atoms with Crippen LogP contribution in [-0.2, 0) is 5.60 Å². The van der Waals surface area contributed by atoms with E-state index in [9.17, 15) is 18.3 Å². The molecule has 0 amide bonds. The van der Waals surface area contributed by atoms with Crippen molar-refractivity contribution in [3.8, 4) is 0 Å². The Bertz CT molecular complexity index is 478. The van der Waals surface area contributed by atoms with Crippen molar-refractivity contribution in [1.82, 2.24) is 4.98 Å². The van der Waals surface area contributed by atoms with Gasteiger partial charge in [0.1, 0.15) is 0 Å². The Kier molecular flexibility index (Phi) is 2.71. The summed E-state index contributed by atoms with van der Waals surface area (Å²) in [4.78, 5) is 2.41. The number of halogens is 3. The second-order valence-corrected chi connectivity index (χ2v) is 3.66. The average Bonchev–Trinajstić information content (AvgIpc) is 2.81. The minimum atomic E-state index is -4.79. The number of hydrogen-bond donors (Lipinski definition) is 2. The second-order valence-electron chi connectivity index (χ2n) is 3.66. The SMILES string of the molecule is O[C@](c1ccccc1)(c1ccc[nH]1)C(F)(F)F. The molecule has 17 heavy (non-hydrogen) atoms. The minimum absolute atomic E-state index is 0.213. The van der Waals surface area contributed by atoms with Gasteiger partial charge in [-0.05, 0) is 17.7 Å². The van der Waals surface area contributed by atoms with Gasteiger partial charge in [-0.25, -0.2) is 0 Å². The fourth-order valence-electron chi connectivity index (χ4n) is 1.71. The van der Waals surface area contributed by atoms with Crippen LogP contribution >= 0.6 is 0 Å². The number of alkyl halides is 3. The van der Waals surface area contributed by atoms with Crippen LogP contribution in [0.15, 0.2) is 48.7 Å². The summed E-state index contributed by atoms with van der Waals surface area (Å²) < 4.78 is 39.2.